The molecule has 0 aliphatic heterocycles. The van der Waals surface area contributed by atoms with E-state index in [0.29, 0.717) is 19.4 Å². The van der Waals surface area contributed by atoms with Crippen molar-refractivity contribution in [2.75, 3.05) is 13.1 Å². The van der Waals surface area contributed by atoms with E-state index in [0.717, 1.165) is 0 Å². The van der Waals surface area contributed by atoms with Gasteiger partial charge in [0, 0.05) is 6.54 Å². The minimum Gasteiger partial charge on any atom is -0.481 e. The number of nitrogens with zero attached hydrogens (tertiary/aromatic N) is 1. The summed E-state index contributed by atoms with van der Waals surface area (Å²) in [6, 6.07) is -6.00. The van der Waals surface area contributed by atoms with Crippen LogP contribution in [0.4, 0.5) is 0 Å². The summed E-state index contributed by atoms with van der Waals surface area (Å²) >= 11 is 0. The molecule has 0 aromatic heterocycles. The second-order valence-electron chi connectivity index (χ2n) is 8.06. The third-order valence-corrected chi connectivity index (χ3v) is 4.89. The highest BCUT2D eigenvalue weighted by molar-refractivity contribution is 5.96. The third kappa shape index (κ3) is 14.9. The van der Waals surface area contributed by atoms with Gasteiger partial charge in [-0.3, -0.25) is 29.0 Å². The first kappa shape index (κ1) is 33.0. The Morgan fingerprint density at radius 1 is 0.703 bits per heavy atom. The predicted molar refractivity (Wildman–Crippen MR) is 129 cm³/mol. The number of aliphatic carboxylic acids is 3. The van der Waals surface area contributed by atoms with Crippen LogP contribution in [0.1, 0.15) is 44.9 Å². The standard InChI is InChI=1S/C20H36N8O9/c21-6-2-1-4-10(22)16(33)27-12(8-14(29)30)18(35)28-13(9-15(31)32)17(34)26-11(19(36)37)5-3-7-25-20(23)24/h10-13H,1-9,21-22H2,(H,26,34)(H,27,33)(H,28,35)(H,29,30)(H,31,32)(H,36,37)(H4,23,24,25). The molecule has 37 heavy (non-hydrogen) atoms. The summed E-state index contributed by atoms with van der Waals surface area (Å²) in [4.78, 5) is 75.3. The molecule has 0 spiro atoms. The van der Waals surface area contributed by atoms with Gasteiger partial charge in [-0.1, -0.05) is 6.42 Å². The lowest BCUT2D eigenvalue weighted by atomic mass is 10.1. The third-order valence-electron chi connectivity index (χ3n) is 4.89. The molecule has 3 amide bonds. The van der Waals surface area contributed by atoms with E-state index in [4.69, 9.17) is 33.1 Å². The van der Waals surface area contributed by atoms with E-state index in [-0.39, 0.29) is 31.8 Å². The van der Waals surface area contributed by atoms with Crippen LogP contribution in [0, 0.1) is 0 Å². The molecule has 0 saturated heterocycles. The second-order valence-corrected chi connectivity index (χ2v) is 8.06. The lowest BCUT2D eigenvalue weighted by Crippen LogP contribution is -2.57. The Morgan fingerprint density at radius 3 is 1.62 bits per heavy atom. The van der Waals surface area contributed by atoms with Crippen LogP contribution < -0.4 is 38.9 Å². The molecule has 17 nitrogen and oxygen atoms in total. The fourth-order valence-corrected chi connectivity index (χ4v) is 2.99. The Morgan fingerprint density at radius 2 is 1.19 bits per heavy atom. The van der Waals surface area contributed by atoms with Gasteiger partial charge in [0.1, 0.15) is 18.1 Å². The quantitative estimate of drug-likeness (QED) is 0.0431. The zero-order valence-electron chi connectivity index (χ0n) is 20.2. The molecule has 0 aromatic rings. The van der Waals surface area contributed by atoms with Crippen LogP contribution in [0.3, 0.4) is 0 Å². The molecule has 210 valence electrons. The number of aliphatic imine (C=N–C) groups is 1. The summed E-state index contributed by atoms with van der Waals surface area (Å²) < 4.78 is 0. The Balaban J connectivity index is 5.45. The van der Waals surface area contributed by atoms with Gasteiger partial charge in [0.2, 0.25) is 17.7 Å². The van der Waals surface area contributed by atoms with Crippen molar-refractivity contribution in [1.29, 1.82) is 0 Å². The molecule has 0 bridgehead atoms. The van der Waals surface area contributed by atoms with Crippen LogP contribution in [0.2, 0.25) is 0 Å². The van der Waals surface area contributed by atoms with E-state index < -0.39 is 72.6 Å². The molecule has 17 heteroatoms. The number of guanidine groups is 1. The van der Waals surface area contributed by atoms with Crippen molar-refractivity contribution in [2.24, 2.45) is 27.9 Å². The van der Waals surface area contributed by atoms with Gasteiger partial charge in [-0.2, -0.15) is 0 Å². The van der Waals surface area contributed by atoms with Crippen molar-refractivity contribution >= 4 is 41.6 Å². The zero-order chi connectivity index (χ0) is 28.5. The number of rotatable bonds is 19. The van der Waals surface area contributed by atoms with Gasteiger partial charge in [0.05, 0.1) is 18.9 Å². The van der Waals surface area contributed by atoms with Crippen LogP contribution in [0.15, 0.2) is 4.99 Å². The highest BCUT2D eigenvalue weighted by atomic mass is 16.4. The summed E-state index contributed by atoms with van der Waals surface area (Å²) in [5, 5.41) is 34.0. The normalized spacial score (nSPS) is 13.8. The molecule has 4 atom stereocenters. The molecule has 0 saturated carbocycles. The van der Waals surface area contributed by atoms with Crippen molar-refractivity contribution in [3.8, 4) is 0 Å². The average Bonchev–Trinajstić information content (AvgIpc) is 2.78. The molecule has 14 N–H and O–H groups in total. The van der Waals surface area contributed by atoms with Crippen molar-refractivity contribution in [3.63, 3.8) is 0 Å². The maximum absolute atomic E-state index is 12.7. The smallest absolute Gasteiger partial charge is 0.326 e. The zero-order valence-corrected chi connectivity index (χ0v) is 20.2. The van der Waals surface area contributed by atoms with Crippen LogP contribution in [0.25, 0.3) is 0 Å². The van der Waals surface area contributed by atoms with Crippen LogP contribution in [-0.4, -0.2) is 94.2 Å². The van der Waals surface area contributed by atoms with Gasteiger partial charge < -0.3 is 54.2 Å². The topological polar surface area (TPSA) is 316 Å². The Kier molecular flexibility index (Phi) is 15.6. The molecule has 0 fully saturated rings. The molecule has 0 radical (unpaired) electrons. The van der Waals surface area contributed by atoms with Crippen LogP contribution in [-0.2, 0) is 28.8 Å². The first-order valence-electron chi connectivity index (χ1n) is 11.4. The Bertz CT molecular complexity index is 848. The van der Waals surface area contributed by atoms with Crippen LogP contribution >= 0.6 is 0 Å². The van der Waals surface area contributed by atoms with E-state index in [1.807, 2.05) is 0 Å². The first-order chi connectivity index (χ1) is 17.3. The van der Waals surface area contributed by atoms with E-state index >= 15 is 0 Å². The number of unbranched alkanes of at least 4 members (excludes halogenated alkanes) is 1. The first-order valence-corrected chi connectivity index (χ1v) is 11.4. The maximum Gasteiger partial charge on any atom is 0.326 e. The average molecular weight is 533 g/mol. The highest BCUT2D eigenvalue weighted by Crippen LogP contribution is 2.04. The molecule has 0 aliphatic rings. The summed E-state index contributed by atoms with van der Waals surface area (Å²) in [5.74, 6) is -7.78. The molecule has 0 rings (SSSR count). The molecule has 0 heterocycles. The Hall–Kier alpha value is -3.99. The lowest BCUT2D eigenvalue weighted by molar-refractivity contribution is -0.145. The summed E-state index contributed by atoms with van der Waals surface area (Å²) in [6.07, 6.45) is -0.486. The molecular formula is C20H36N8O9. The largest absolute Gasteiger partial charge is 0.481 e. The number of nitrogens with one attached hydrogen (secondary N) is 3. The number of carboxylic acid groups (broad SMARTS) is 3. The Labute approximate surface area is 212 Å². The molecule has 0 aromatic carbocycles. The number of nitrogens with two attached hydrogens (primary N) is 4. The number of carbonyl (C=O) groups excluding carboxylic acids is 3. The van der Waals surface area contributed by atoms with E-state index in [2.05, 4.69) is 20.9 Å². The van der Waals surface area contributed by atoms with E-state index in [9.17, 15) is 33.9 Å². The fourth-order valence-electron chi connectivity index (χ4n) is 2.99. The SMILES string of the molecule is NCCCCC(N)C(=O)NC(CC(=O)O)C(=O)NC(CC(=O)O)C(=O)NC(CCCN=C(N)N)C(=O)O. The monoisotopic (exact) mass is 532 g/mol. The van der Waals surface area contributed by atoms with Crippen LogP contribution in [0.5, 0.6) is 0 Å². The molecule has 4 unspecified atom stereocenters. The van der Waals surface area contributed by atoms with Crippen molar-refractivity contribution in [2.45, 2.75) is 69.1 Å². The van der Waals surface area contributed by atoms with Crippen molar-refractivity contribution in [1.82, 2.24) is 16.0 Å². The van der Waals surface area contributed by atoms with Gasteiger partial charge in [-0.05, 0) is 32.2 Å². The number of hydrogen-bond acceptors (Lipinski definition) is 9. The second kappa shape index (κ2) is 17.4. The van der Waals surface area contributed by atoms with E-state index in [1.165, 1.54) is 0 Å². The molecular weight excluding hydrogens is 496 g/mol. The number of amides is 3. The van der Waals surface area contributed by atoms with E-state index in [1.54, 1.807) is 0 Å². The number of carbonyl (C=O) groups is 6. The minimum atomic E-state index is -1.78. The number of hydrogen-bond donors (Lipinski definition) is 10. The number of carboxylic acids is 3. The summed E-state index contributed by atoms with van der Waals surface area (Å²) in [6.45, 7) is 0.451. The fraction of sp³-hybridized carbons (Fsp3) is 0.650. The predicted octanol–water partition coefficient (Wildman–Crippen LogP) is -4.02. The summed E-state index contributed by atoms with van der Waals surface area (Å²) in [7, 11) is 0. The van der Waals surface area contributed by atoms with Crippen molar-refractivity contribution in [3.05, 3.63) is 0 Å². The van der Waals surface area contributed by atoms with Crippen molar-refractivity contribution < 1.29 is 44.1 Å². The van der Waals surface area contributed by atoms with Gasteiger partial charge in [-0.15, -0.1) is 0 Å². The minimum absolute atomic E-state index is 0.0716. The molecule has 0 aliphatic carbocycles. The lowest BCUT2D eigenvalue weighted by Gasteiger charge is -2.24. The van der Waals surface area contributed by atoms with Gasteiger partial charge >= 0.3 is 17.9 Å². The van der Waals surface area contributed by atoms with Gasteiger partial charge in [-0.25, -0.2) is 4.79 Å². The maximum atomic E-state index is 12.7. The van der Waals surface area contributed by atoms with Gasteiger partial charge in [0.15, 0.2) is 5.96 Å². The summed E-state index contributed by atoms with van der Waals surface area (Å²) in [5.41, 5.74) is 21.5. The van der Waals surface area contributed by atoms with Gasteiger partial charge in [0.25, 0.3) is 0 Å². The highest BCUT2D eigenvalue weighted by Gasteiger charge is 2.32.